The number of halogens is 1. The zero-order valence-corrected chi connectivity index (χ0v) is 8.94. The Balaban J connectivity index is 2.65. The smallest absolute Gasteiger partial charge is 0.163 e. The van der Waals surface area contributed by atoms with Crippen LogP contribution in [0, 0.1) is 0 Å². The molecule has 0 bridgehead atoms. The molecule has 0 aromatic heterocycles. The van der Waals surface area contributed by atoms with Gasteiger partial charge in [-0.2, -0.15) is 0 Å². The third kappa shape index (κ3) is 3.20. The summed E-state index contributed by atoms with van der Waals surface area (Å²) in [4.78, 5) is 14.0. The Hall–Kier alpha value is -1.32. The van der Waals surface area contributed by atoms with Crippen molar-refractivity contribution < 1.29 is 4.79 Å². The molecule has 0 radical (unpaired) electrons. The van der Waals surface area contributed by atoms with Crippen molar-refractivity contribution in [1.29, 1.82) is 0 Å². The fraction of sp³-hybridized carbons (Fsp3) is 0.222. The molecular weight excluding hydrogens is 246 g/mol. The number of benzene rings is 1. The zero-order chi connectivity index (χ0) is 10.4. The van der Waals surface area contributed by atoms with Gasteiger partial charge < -0.3 is 0 Å². The summed E-state index contributed by atoms with van der Waals surface area (Å²) in [6.45, 7) is 0.210. The van der Waals surface area contributed by atoms with Crippen LogP contribution in [0.2, 0.25) is 0 Å². The van der Waals surface area contributed by atoms with Gasteiger partial charge in [0.05, 0.1) is 0 Å². The van der Waals surface area contributed by atoms with Gasteiger partial charge in [-0.25, -0.2) is 0 Å². The average molecular weight is 254 g/mol. The molecule has 1 aromatic carbocycles. The molecule has 4 nitrogen and oxygen atoms in total. The summed E-state index contributed by atoms with van der Waals surface area (Å²) in [6, 6.07) is 7.14. The highest BCUT2D eigenvalue weighted by Gasteiger charge is 2.04. The van der Waals surface area contributed by atoms with Crippen molar-refractivity contribution >= 4 is 21.7 Å². The van der Waals surface area contributed by atoms with E-state index in [0.29, 0.717) is 5.56 Å². The molecule has 0 fully saturated rings. The van der Waals surface area contributed by atoms with Gasteiger partial charge in [-0.05, 0) is 17.7 Å². The van der Waals surface area contributed by atoms with Crippen molar-refractivity contribution in [3.8, 4) is 0 Å². The Morgan fingerprint density at radius 2 is 2.36 bits per heavy atom. The van der Waals surface area contributed by atoms with Crippen LogP contribution in [0.5, 0.6) is 0 Å². The Morgan fingerprint density at radius 3 is 3.00 bits per heavy atom. The quantitative estimate of drug-likeness (QED) is 0.351. The third-order valence-corrected chi connectivity index (χ3v) is 2.14. The van der Waals surface area contributed by atoms with Crippen LogP contribution in [0.1, 0.15) is 16.8 Å². The predicted molar refractivity (Wildman–Crippen MR) is 57.1 cm³/mol. The van der Waals surface area contributed by atoms with E-state index in [1.807, 2.05) is 6.07 Å². The van der Waals surface area contributed by atoms with Gasteiger partial charge in [-0.15, -0.1) is 0 Å². The Kier molecular flexibility index (Phi) is 4.16. The van der Waals surface area contributed by atoms with E-state index in [9.17, 15) is 4.79 Å². The van der Waals surface area contributed by atoms with Crippen LogP contribution in [0.3, 0.4) is 0 Å². The molecule has 0 aliphatic rings. The summed E-state index contributed by atoms with van der Waals surface area (Å²) in [5.41, 5.74) is 8.67. The maximum Gasteiger partial charge on any atom is 0.163 e. The maximum atomic E-state index is 11.5. The first-order valence-electron chi connectivity index (χ1n) is 4.03. The minimum atomic E-state index is -0.0151. The third-order valence-electron chi connectivity index (χ3n) is 1.65. The molecule has 14 heavy (non-hydrogen) atoms. The van der Waals surface area contributed by atoms with Crippen LogP contribution in [0.15, 0.2) is 33.9 Å². The van der Waals surface area contributed by atoms with E-state index in [1.165, 1.54) is 0 Å². The highest BCUT2D eigenvalue weighted by atomic mass is 79.9. The number of ketones is 1. The lowest BCUT2D eigenvalue weighted by Crippen LogP contribution is -2.00. The van der Waals surface area contributed by atoms with Gasteiger partial charge in [0.2, 0.25) is 0 Å². The number of azide groups is 1. The monoisotopic (exact) mass is 253 g/mol. The minimum absolute atomic E-state index is 0.0151. The van der Waals surface area contributed by atoms with E-state index in [4.69, 9.17) is 5.53 Å². The Bertz CT molecular complexity index is 385. The minimum Gasteiger partial charge on any atom is -0.294 e. The number of hydrogen-bond acceptors (Lipinski definition) is 2. The van der Waals surface area contributed by atoms with Crippen LogP contribution in [0.4, 0.5) is 0 Å². The van der Waals surface area contributed by atoms with Crippen LogP contribution < -0.4 is 0 Å². The van der Waals surface area contributed by atoms with E-state index in [2.05, 4.69) is 26.0 Å². The van der Waals surface area contributed by atoms with Crippen LogP contribution in [-0.4, -0.2) is 12.3 Å². The standard InChI is InChI=1S/C9H8BrN3O/c10-8-3-1-2-7(6-8)9(14)4-5-12-13-11/h1-3,6H,4-5H2. The first kappa shape index (κ1) is 10.8. The summed E-state index contributed by atoms with van der Waals surface area (Å²) in [5, 5.41) is 3.31. The SMILES string of the molecule is [N-]=[N+]=NCCC(=O)c1cccc(Br)c1. The van der Waals surface area contributed by atoms with Crippen molar-refractivity contribution in [1.82, 2.24) is 0 Å². The largest absolute Gasteiger partial charge is 0.294 e. The second kappa shape index (κ2) is 5.42. The summed E-state index contributed by atoms with van der Waals surface area (Å²) >= 11 is 3.28. The van der Waals surface area contributed by atoms with Gasteiger partial charge >= 0.3 is 0 Å². The van der Waals surface area contributed by atoms with E-state index in [1.54, 1.807) is 18.2 Å². The summed E-state index contributed by atoms with van der Waals surface area (Å²) in [5.74, 6) is -0.0151. The lowest BCUT2D eigenvalue weighted by molar-refractivity contribution is 0.0985. The van der Waals surface area contributed by atoms with E-state index in [0.717, 1.165) is 4.47 Å². The van der Waals surface area contributed by atoms with Crippen LogP contribution in [-0.2, 0) is 0 Å². The van der Waals surface area contributed by atoms with Crippen molar-refractivity contribution in [2.45, 2.75) is 6.42 Å². The van der Waals surface area contributed by atoms with Gasteiger partial charge in [-0.3, -0.25) is 4.79 Å². The van der Waals surface area contributed by atoms with Gasteiger partial charge in [0.15, 0.2) is 5.78 Å². The molecule has 0 N–H and O–H groups in total. The number of carbonyl (C=O) groups excluding carboxylic acids is 1. The molecule has 0 saturated carbocycles. The summed E-state index contributed by atoms with van der Waals surface area (Å²) in [6.07, 6.45) is 0.251. The average Bonchev–Trinajstić information content (AvgIpc) is 2.18. The molecule has 0 unspecified atom stereocenters. The lowest BCUT2D eigenvalue weighted by atomic mass is 10.1. The number of nitrogens with zero attached hydrogens (tertiary/aromatic N) is 3. The van der Waals surface area contributed by atoms with E-state index < -0.39 is 0 Å². The number of hydrogen-bond donors (Lipinski definition) is 0. The molecule has 72 valence electrons. The van der Waals surface area contributed by atoms with Crippen LogP contribution >= 0.6 is 15.9 Å². The predicted octanol–water partition coefficient (Wildman–Crippen LogP) is 3.33. The Morgan fingerprint density at radius 1 is 1.57 bits per heavy atom. The highest BCUT2D eigenvalue weighted by molar-refractivity contribution is 9.10. The molecular formula is C9H8BrN3O. The zero-order valence-electron chi connectivity index (χ0n) is 7.35. The van der Waals surface area contributed by atoms with Crippen molar-refractivity contribution in [3.05, 3.63) is 44.7 Å². The number of Topliss-reactive ketones (excluding diaryl/α,β-unsaturated/α-hetero) is 1. The van der Waals surface area contributed by atoms with Gasteiger partial charge in [-0.1, -0.05) is 33.2 Å². The summed E-state index contributed by atoms with van der Waals surface area (Å²) < 4.78 is 0.868. The molecule has 0 atom stereocenters. The molecule has 0 spiro atoms. The molecule has 0 aliphatic carbocycles. The molecule has 1 rings (SSSR count). The normalized spacial score (nSPS) is 9.21. The first-order chi connectivity index (χ1) is 6.74. The first-order valence-corrected chi connectivity index (χ1v) is 4.83. The fourth-order valence-electron chi connectivity index (χ4n) is 1.00. The summed E-state index contributed by atoms with van der Waals surface area (Å²) in [7, 11) is 0. The highest BCUT2D eigenvalue weighted by Crippen LogP contribution is 2.13. The second-order valence-corrected chi connectivity index (χ2v) is 3.55. The molecule has 0 aliphatic heterocycles. The van der Waals surface area contributed by atoms with Gasteiger partial charge in [0.25, 0.3) is 0 Å². The Labute approximate surface area is 89.7 Å². The second-order valence-electron chi connectivity index (χ2n) is 2.64. The van der Waals surface area contributed by atoms with Gasteiger partial charge in [0, 0.05) is 27.9 Å². The molecule has 1 aromatic rings. The van der Waals surface area contributed by atoms with E-state index in [-0.39, 0.29) is 18.7 Å². The van der Waals surface area contributed by atoms with Crippen LogP contribution in [0.25, 0.3) is 10.4 Å². The molecule has 0 saturated heterocycles. The fourth-order valence-corrected chi connectivity index (χ4v) is 1.40. The molecule has 0 heterocycles. The van der Waals surface area contributed by atoms with Crippen molar-refractivity contribution in [2.24, 2.45) is 5.11 Å². The van der Waals surface area contributed by atoms with Crippen molar-refractivity contribution in [3.63, 3.8) is 0 Å². The van der Waals surface area contributed by atoms with Gasteiger partial charge in [0.1, 0.15) is 0 Å². The maximum absolute atomic E-state index is 11.5. The lowest BCUT2D eigenvalue weighted by Gasteiger charge is -1.98. The van der Waals surface area contributed by atoms with E-state index >= 15 is 0 Å². The number of carbonyl (C=O) groups is 1. The topological polar surface area (TPSA) is 65.8 Å². The number of rotatable bonds is 4. The van der Waals surface area contributed by atoms with Crippen molar-refractivity contribution in [2.75, 3.05) is 6.54 Å². The molecule has 0 amide bonds. The molecule has 5 heteroatoms.